The molecule has 0 bridgehead atoms. The summed E-state index contributed by atoms with van der Waals surface area (Å²) < 4.78 is 12.7. The molecule has 0 amide bonds. The van der Waals surface area contributed by atoms with Gasteiger partial charge in [0.25, 0.3) is 0 Å². The number of nitrogens with zero attached hydrogens (tertiary/aromatic N) is 2. The standard InChI is InChI=1S/C14H20FN3S2.HI/c15-12-2-4-13(5-3-12)20-9-1-6-17-14(16)18-7-10-19-11-8-18;/h2-5H,1,6-11H2,(H2,16,17);1H. The van der Waals surface area contributed by atoms with Crippen LogP contribution in [0, 0.1) is 5.82 Å². The van der Waals surface area contributed by atoms with Crippen molar-refractivity contribution in [2.45, 2.75) is 11.3 Å². The molecule has 1 saturated heterocycles. The molecule has 3 nitrogen and oxygen atoms in total. The van der Waals surface area contributed by atoms with E-state index in [1.54, 1.807) is 11.8 Å². The highest BCUT2D eigenvalue weighted by Crippen LogP contribution is 2.18. The molecule has 0 aliphatic carbocycles. The Kier molecular flexibility index (Phi) is 9.50. The fourth-order valence-corrected chi connectivity index (χ4v) is 3.61. The van der Waals surface area contributed by atoms with Crippen LogP contribution in [-0.4, -0.2) is 47.8 Å². The number of hydrogen-bond acceptors (Lipinski definition) is 3. The molecule has 2 N–H and O–H groups in total. The van der Waals surface area contributed by atoms with Gasteiger partial charge < -0.3 is 10.6 Å². The molecule has 1 aliphatic rings. The molecular weight excluding hydrogens is 420 g/mol. The van der Waals surface area contributed by atoms with Gasteiger partial charge in [0.2, 0.25) is 0 Å². The molecule has 1 fully saturated rings. The summed E-state index contributed by atoms with van der Waals surface area (Å²) in [6, 6.07) is 6.60. The van der Waals surface area contributed by atoms with Gasteiger partial charge in [0.15, 0.2) is 5.96 Å². The number of guanidine groups is 1. The number of halogens is 2. The van der Waals surface area contributed by atoms with Crippen LogP contribution in [-0.2, 0) is 0 Å². The molecule has 0 saturated carbocycles. The minimum absolute atomic E-state index is 0. The van der Waals surface area contributed by atoms with Crippen LogP contribution in [0.4, 0.5) is 4.39 Å². The van der Waals surface area contributed by atoms with Gasteiger partial charge in [-0.3, -0.25) is 4.99 Å². The SMILES string of the molecule is I.NC(=NCCCSc1ccc(F)cc1)N1CCSCC1. The quantitative estimate of drug-likeness (QED) is 0.250. The summed E-state index contributed by atoms with van der Waals surface area (Å²) in [5.74, 6) is 3.73. The third-order valence-corrected chi connectivity index (χ3v) is 5.03. The zero-order valence-corrected chi connectivity index (χ0v) is 15.8. The first-order chi connectivity index (χ1) is 9.75. The first-order valence-corrected chi connectivity index (χ1v) is 8.91. The normalized spacial score (nSPS) is 15.7. The zero-order chi connectivity index (χ0) is 14.2. The summed E-state index contributed by atoms with van der Waals surface area (Å²) in [7, 11) is 0. The molecule has 0 atom stereocenters. The molecule has 0 spiro atoms. The van der Waals surface area contributed by atoms with Gasteiger partial charge in [0, 0.05) is 36.0 Å². The Morgan fingerprint density at radius 2 is 1.95 bits per heavy atom. The summed E-state index contributed by atoms with van der Waals surface area (Å²) in [6.07, 6.45) is 0.978. The van der Waals surface area contributed by atoms with E-state index in [0.717, 1.165) is 48.2 Å². The van der Waals surface area contributed by atoms with E-state index in [1.165, 1.54) is 12.1 Å². The van der Waals surface area contributed by atoms with Gasteiger partial charge in [0.05, 0.1) is 0 Å². The molecule has 7 heteroatoms. The van der Waals surface area contributed by atoms with Crippen LogP contribution in [0.5, 0.6) is 0 Å². The fraction of sp³-hybridized carbons (Fsp3) is 0.500. The summed E-state index contributed by atoms with van der Waals surface area (Å²) in [5, 5.41) is 0. The van der Waals surface area contributed by atoms with Crippen molar-refractivity contribution in [3.05, 3.63) is 30.1 Å². The van der Waals surface area contributed by atoms with Gasteiger partial charge >= 0.3 is 0 Å². The Morgan fingerprint density at radius 1 is 1.29 bits per heavy atom. The Morgan fingerprint density at radius 3 is 2.62 bits per heavy atom. The molecule has 1 aromatic carbocycles. The first-order valence-electron chi connectivity index (χ1n) is 6.77. The van der Waals surface area contributed by atoms with E-state index in [9.17, 15) is 4.39 Å². The lowest BCUT2D eigenvalue weighted by atomic mass is 10.4. The summed E-state index contributed by atoms with van der Waals surface area (Å²) >= 11 is 3.69. The first kappa shape index (κ1) is 18.9. The van der Waals surface area contributed by atoms with Crippen molar-refractivity contribution < 1.29 is 4.39 Å². The smallest absolute Gasteiger partial charge is 0.191 e. The van der Waals surface area contributed by atoms with Crippen molar-refractivity contribution in [1.82, 2.24) is 4.90 Å². The van der Waals surface area contributed by atoms with Gasteiger partial charge in [-0.2, -0.15) is 11.8 Å². The second-order valence-electron chi connectivity index (χ2n) is 4.50. The van der Waals surface area contributed by atoms with E-state index >= 15 is 0 Å². The fourth-order valence-electron chi connectivity index (χ4n) is 1.87. The monoisotopic (exact) mass is 441 g/mol. The minimum Gasteiger partial charge on any atom is -0.370 e. The summed E-state index contributed by atoms with van der Waals surface area (Å²) in [6.45, 7) is 2.76. The Hall–Kier alpha value is -0.150. The topological polar surface area (TPSA) is 41.6 Å². The molecule has 118 valence electrons. The number of thioether (sulfide) groups is 2. The van der Waals surface area contributed by atoms with Crippen LogP contribution >= 0.6 is 47.5 Å². The average molecular weight is 441 g/mol. The van der Waals surface area contributed by atoms with E-state index < -0.39 is 0 Å². The largest absolute Gasteiger partial charge is 0.370 e. The van der Waals surface area contributed by atoms with Crippen molar-refractivity contribution in [1.29, 1.82) is 0 Å². The van der Waals surface area contributed by atoms with E-state index in [-0.39, 0.29) is 29.8 Å². The number of aliphatic imine (C=N–C) groups is 1. The molecule has 1 heterocycles. The second kappa shape index (κ2) is 10.6. The van der Waals surface area contributed by atoms with Gasteiger partial charge in [-0.25, -0.2) is 4.39 Å². The molecule has 1 aliphatic heterocycles. The highest BCUT2D eigenvalue weighted by molar-refractivity contribution is 14.0. The maximum absolute atomic E-state index is 12.7. The molecular formula is C14H21FIN3S2. The van der Waals surface area contributed by atoms with Crippen LogP contribution < -0.4 is 5.73 Å². The van der Waals surface area contributed by atoms with Crippen molar-refractivity contribution >= 4 is 53.5 Å². The lowest BCUT2D eigenvalue weighted by Gasteiger charge is -2.27. The highest BCUT2D eigenvalue weighted by atomic mass is 127. The Balaban J connectivity index is 0.00000220. The Bertz CT molecular complexity index is 436. The molecule has 0 radical (unpaired) electrons. The predicted molar refractivity (Wildman–Crippen MR) is 103 cm³/mol. The molecule has 21 heavy (non-hydrogen) atoms. The number of rotatable bonds is 5. The Labute approximate surface area is 151 Å². The van der Waals surface area contributed by atoms with E-state index in [1.807, 2.05) is 23.9 Å². The lowest BCUT2D eigenvalue weighted by Crippen LogP contribution is -2.42. The number of nitrogens with two attached hydrogens (primary N) is 1. The summed E-state index contributed by atoms with van der Waals surface area (Å²) in [4.78, 5) is 7.68. The average Bonchev–Trinajstić information content (AvgIpc) is 2.49. The molecule has 2 rings (SSSR count). The van der Waals surface area contributed by atoms with Crippen LogP contribution in [0.15, 0.2) is 34.2 Å². The van der Waals surface area contributed by atoms with Gasteiger partial charge in [-0.05, 0) is 36.4 Å². The summed E-state index contributed by atoms with van der Waals surface area (Å²) in [5.41, 5.74) is 5.98. The van der Waals surface area contributed by atoms with E-state index in [2.05, 4.69) is 9.89 Å². The molecule has 1 aromatic rings. The van der Waals surface area contributed by atoms with Gasteiger partial charge in [-0.1, -0.05) is 0 Å². The zero-order valence-electron chi connectivity index (χ0n) is 11.8. The van der Waals surface area contributed by atoms with Crippen LogP contribution in [0.3, 0.4) is 0 Å². The highest BCUT2D eigenvalue weighted by Gasteiger charge is 2.11. The van der Waals surface area contributed by atoms with Crippen molar-refractivity contribution in [2.75, 3.05) is 36.9 Å². The van der Waals surface area contributed by atoms with Gasteiger partial charge in [-0.15, -0.1) is 35.7 Å². The number of benzene rings is 1. The van der Waals surface area contributed by atoms with Gasteiger partial charge in [0.1, 0.15) is 5.82 Å². The lowest BCUT2D eigenvalue weighted by molar-refractivity contribution is 0.456. The van der Waals surface area contributed by atoms with Crippen molar-refractivity contribution in [3.8, 4) is 0 Å². The van der Waals surface area contributed by atoms with Crippen molar-refractivity contribution in [3.63, 3.8) is 0 Å². The van der Waals surface area contributed by atoms with E-state index in [4.69, 9.17) is 5.73 Å². The molecule has 0 aromatic heterocycles. The maximum atomic E-state index is 12.7. The molecule has 0 unspecified atom stereocenters. The van der Waals surface area contributed by atoms with Crippen LogP contribution in [0.2, 0.25) is 0 Å². The van der Waals surface area contributed by atoms with Crippen molar-refractivity contribution in [2.24, 2.45) is 10.7 Å². The van der Waals surface area contributed by atoms with Crippen LogP contribution in [0.25, 0.3) is 0 Å². The predicted octanol–water partition coefficient (Wildman–Crippen LogP) is 3.29. The van der Waals surface area contributed by atoms with Crippen LogP contribution in [0.1, 0.15) is 6.42 Å². The second-order valence-corrected chi connectivity index (χ2v) is 6.89. The number of hydrogen-bond donors (Lipinski definition) is 1. The minimum atomic E-state index is -0.189. The van der Waals surface area contributed by atoms with E-state index in [0.29, 0.717) is 5.96 Å². The maximum Gasteiger partial charge on any atom is 0.191 e. The third kappa shape index (κ3) is 7.10. The third-order valence-electron chi connectivity index (χ3n) is 2.99.